The molecule has 0 unspecified atom stereocenters. The van der Waals surface area contributed by atoms with E-state index in [1.54, 1.807) is 6.08 Å². The van der Waals surface area contributed by atoms with Crippen LogP contribution in [0.4, 0.5) is 11.6 Å². The molecule has 0 aliphatic carbocycles. The first-order chi connectivity index (χ1) is 13.5. The van der Waals surface area contributed by atoms with E-state index in [1.807, 2.05) is 24.3 Å². The Balaban J connectivity index is 1.65. The van der Waals surface area contributed by atoms with E-state index in [4.69, 9.17) is 0 Å². The minimum Gasteiger partial charge on any atom is -0.323 e. The summed E-state index contributed by atoms with van der Waals surface area (Å²) in [4.78, 5) is 15.9. The molecule has 144 valence electrons. The average Bonchev–Trinajstić information content (AvgIpc) is 3.19. The summed E-state index contributed by atoms with van der Waals surface area (Å²) in [5, 5.41) is 8.70. The van der Waals surface area contributed by atoms with E-state index < -0.39 is 10.0 Å². The van der Waals surface area contributed by atoms with Crippen LogP contribution in [0.25, 0.3) is 6.08 Å². The number of aromatic nitrogens is 3. The number of aryl methyl sites for hydroxylation is 1. The van der Waals surface area contributed by atoms with E-state index in [-0.39, 0.29) is 16.8 Å². The molecular weight excluding hydrogens is 378 g/mol. The molecule has 9 heteroatoms. The molecule has 1 aromatic heterocycles. The van der Waals surface area contributed by atoms with Crippen LogP contribution >= 0.6 is 0 Å². The number of hydrogen-bond donors (Lipinski definition) is 3. The van der Waals surface area contributed by atoms with Crippen molar-refractivity contribution in [1.82, 2.24) is 15.2 Å². The van der Waals surface area contributed by atoms with Gasteiger partial charge < -0.3 is 5.32 Å². The number of nitrogens with zero attached hydrogens (tertiary/aromatic N) is 2. The zero-order valence-electron chi connectivity index (χ0n) is 15.1. The van der Waals surface area contributed by atoms with Gasteiger partial charge in [0.25, 0.3) is 10.0 Å². The Labute approximate surface area is 162 Å². The van der Waals surface area contributed by atoms with Crippen LogP contribution in [-0.2, 0) is 21.2 Å². The third-order valence-corrected chi connectivity index (χ3v) is 5.28. The van der Waals surface area contributed by atoms with Crippen molar-refractivity contribution in [3.63, 3.8) is 0 Å². The van der Waals surface area contributed by atoms with Gasteiger partial charge in [-0.05, 0) is 47.9 Å². The molecule has 0 atom stereocenters. The van der Waals surface area contributed by atoms with Gasteiger partial charge in [-0.2, -0.15) is 10.1 Å². The molecule has 3 rings (SSSR count). The maximum Gasteiger partial charge on any atom is 0.264 e. The molecule has 28 heavy (non-hydrogen) atoms. The molecule has 0 fully saturated rings. The fourth-order valence-corrected chi connectivity index (χ4v) is 3.49. The molecule has 0 saturated carbocycles. The van der Waals surface area contributed by atoms with Crippen molar-refractivity contribution in [3.05, 3.63) is 72.1 Å². The van der Waals surface area contributed by atoms with Gasteiger partial charge >= 0.3 is 0 Å². The third kappa shape index (κ3) is 4.83. The molecular formula is C19H19N5O3S. The fraction of sp³-hybridized carbons (Fsp3) is 0.105. The van der Waals surface area contributed by atoms with Crippen LogP contribution < -0.4 is 10.0 Å². The Bertz CT molecular complexity index is 1080. The number of benzene rings is 2. The molecule has 1 amide bonds. The maximum atomic E-state index is 12.3. The Morgan fingerprint density at radius 1 is 1.14 bits per heavy atom. The average molecular weight is 397 g/mol. The van der Waals surface area contributed by atoms with Gasteiger partial charge in [-0.25, -0.2) is 18.2 Å². The van der Waals surface area contributed by atoms with Crippen LogP contribution in [0, 0.1) is 0 Å². The molecule has 0 bridgehead atoms. The van der Waals surface area contributed by atoms with Crippen LogP contribution in [0.2, 0.25) is 0 Å². The molecule has 8 nitrogen and oxygen atoms in total. The fourth-order valence-electron chi connectivity index (χ4n) is 2.53. The first-order valence-electron chi connectivity index (χ1n) is 8.53. The van der Waals surface area contributed by atoms with Gasteiger partial charge in [0.1, 0.15) is 6.33 Å². The van der Waals surface area contributed by atoms with Crippen LogP contribution in [-0.4, -0.2) is 29.5 Å². The highest BCUT2D eigenvalue weighted by Crippen LogP contribution is 2.17. The first kappa shape index (κ1) is 19.3. The van der Waals surface area contributed by atoms with Gasteiger partial charge in [0.15, 0.2) is 0 Å². The molecule has 1 heterocycles. The van der Waals surface area contributed by atoms with Crippen molar-refractivity contribution in [3.8, 4) is 0 Å². The van der Waals surface area contributed by atoms with Crippen molar-refractivity contribution in [2.75, 3.05) is 10.0 Å². The lowest BCUT2D eigenvalue weighted by molar-refractivity contribution is -0.111. The standard InChI is InChI=1S/C19H19N5O3S/c1-2-14-5-3-4-6-15(14)7-12-18(25)22-16-8-10-17(11-9-16)28(26,27)24-19-20-13-21-23-19/h3-13H,2H2,1H3,(H,22,25)(H2,20,21,23,24). The number of carbonyl (C=O) groups excluding carboxylic acids is 1. The highest BCUT2D eigenvalue weighted by Gasteiger charge is 2.15. The van der Waals surface area contributed by atoms with E-state index in [0.29, 0.717) is 5.69 Å². The van der Waals surface area contributed by atoms with Gasteiger partial charge in [0.2, 0.25) is 11.9 Å². The van der Waals surface area contributed by atoms with E-state index in [0.717, 1.165) is 17.5 Å². The minimum atomic E-state index is -3.79. The van der Waals surface area contributed by atoms with Crippen molar-refractivity contribution in [1.29, 1.82) is 0 Å². The summed E-state index contributed by atoms with van der Waals surface area (Å²) in [5.74, 6) is -0.281. The van der Waals surface area contributed by atoms with E-state index in [9.17, 15) is 13.2 Å². The molecule has 0 aliphatic rings. The second kappa shape index (κ2) is 8.49. The summed E-state index contributed by atoms with van der Waals surface area (Å²) in [6.07, 6.45) is 5.28. The summed E-state index contributed by atoms with van der Waals surface area (Å²) in [5.41, 5.74) is 2.62. The largest absolute Gasteiger partial charge is 0.323 e. The van der Waals surface area contributed by atoms with E-state index in [1.165, 1.54) is 36.7 Å². The Hall–Kier alpha value is -3.46. The summed E-state index contributed by atoms with van der Waals surface area (Å²) < 4.78 is 26.8. The quantitative estimate of drug-likeness (QED) is 0.530. The second-order valence-corrected chi connectivity index (χ2v) is 7.52. The van der Waals surface area contributed by atoms with Gasteiger partial charge in [0.05, 0.1) is 4.90 Å². The topological polar surface area (TPSA) is 117 Å². The van der Waals surface area contributed by atoms with Gasteiger partial charge in [-0.1, -0.05) is 31.2 Å². The molecule has 0 spiro atoms. The molecule has 2 aromatic carbocycles. The summed E-state index contributed by atoms with van der Waals surface area (Å²) in [6, 6.07) is 13.7. The molecule has 3 aromatic rings. The predicted molar refractivity (Wildman–Crippen MR) is 107 cm³/mol. The van der Waals surface area contributed by atoms with Crippen molar-refractivity contribution < 1.29 is 13.2 Å². The lowest BCUT2D eigenvalue weighted by Crippen LogP contribution is -2.14. The SMILES string of the molecule is CCc1ccccc1C=CC(=O)Nc1ccc(S(=O)(=O)Nc2ncn[nH]2)cc1. The van der Waals surface area contributed by atoms with Crippen LogP contribution in [0.3, 0.4) is 0 Å². The normalized spacial score (nSPS) is 11.5. The number of amides is 1. The number of aromatic amines is 1. The zero-order chi connectivity index (χ0) is 20.0. The van der Waals surface area contributed by atoms with Crippen LogP contribution in [0.15, 0.2) is 65.8 Å². The number of rotatable bonds is 7. The molecule has 0 saturated heterocycles. The first-order valence-corrected chi connectivity index (χ1v) is 10.0. The Morgan fingerprint density at radius 3 is 2.57 bits per heavy atom. The highest BCUT2D eigenvalue weighted by molar-refractivity contribution is 7.92. The number of nitrogens with one attached hydrogen (secondary N) is 3. The number of H-pyrrole nitrogens is 1. The monoisotopic (exact) mass is 397 g/mol. The number of hydrogen-bond acceptors (Lipinski definition) is 5. The summed E-state index contributed by atoms with van der Waals surface area (Å²) >= 11 is 0. The lowest BCUT2D eigenvalue weighted by Gasteiger charge is -2.07. The van der Waals surface area contributed by atoms with E-state index >= 15 is 0 Å². The molecule has 0 aliphatic heterocycles. The predicted octanol–water partition coefficient (Wildman–Crippen LogP) is 2.82. The third-order valence-electron chi connectivity index (χ3n) is 3.93. The Morgan fingerprint density at radius 2 is 1.89 bits per heavy atom. The van der Waals surface area contributed by atoms with Gasteiger partial charge in [0, 0.05) is 11.8 Å². The smallest absolute Gasteiger partial charge is 0.264 e. The van der Waals surface area contributed by atoms with E-state index in [2.05, 4.69) is 32.1 Å². The molecule has 3 N–H and O–H groups in total. The van der Waals surface area contributed by atoms with Crippen molar-refractivity contribution >= 4 is 33.6 Å². The summed E-state index contributed by atoms with van der Waals surface area (Å²) in [7, 11) is -3.79. The summed E-state index contributed by atoms with van der Waals surface area (Å²) in [6.45, 7) is 2.06. The minimum absolute atomic E-state index is 0.0230. The number of sulfonamides is 1. The zero-order valence-corrected chi connectivity index (χ0v) is 15.9. The maximum absolute atomic E-state index is 12.3. The second-order valence-electron chi connectivity index (χ2n) is 5.84. The highest BCUT2D eigenvalue weighted by atomic mass is 32.2. The molecule has 0 radical (unpaired) electrons. The van der Waals surface area contributed by atoms with Crippen molar-refractivity contribution in [2.45, 2.75) is 18.2 Å². The Kier molecular flexibility index (Phi) is 5.85. The number of carbonyl (C=O) groups is 1. The lowest BCUT2D eigenvalue weighted by atomic mass is 10.1. The van der Waals surface area contributed by atoms with Gasteiger partial charge in [-0.3, -0.25) is 4.79 Å². The van der Waals surface area contributed by atoms with Crippen molar-refractivity contribution in [2.24, 2.45) is 0 Å². The number of anilines is 2. The van der Waals surface area contributed by atoms with Gasteiger partial charge in [-0.15, -0.1) is 0 Å². The van der Waals surface area contributed by atoms with Crippen LogP contribution in [0.1, 0.15) is 18.1 Å². The van der Waals surface area contributed by atoms with Crippen LogP contribution in [0.5, 0.6) is 0 Å².